The van der Waals surface area contributed by atoms with Crippen molar-refractivity contribution in [1.82, 2.24) is 0 Å². The number of carbonyl (C=O) groups excluding carboxylic acids is 1. The Morgan fingerprint density at radius 2 is 1.97 bits per heavy atom. The van der Waals surface area contributed by atoms with Crippen LogP contribution in [0.5, 0.6) is 5.75 Å². The van der Waals surface area contributed by atoms with Crippen LogP contribution in [0.15, 0.2) is 65.6 Å². The van der Waals surface area contributed by atoms with Crippen molar-refractivity contribution in [1.29, 1.82) is 0 Å². The van der Waals surface area contributed by atoms with Crippen LogP contribution in [0.3, 0.4) is 0 Å². The minimum Gasteiger partial charge on any atom is -0.423 e. The summed E-state index contributed by atoms with van der Waals surface area (Å²) in [6.45, 7) is 0.743. The summed E-state index contributed by atoms with van der Waals surface area (Å²) in [7, 11) is 0. The molecule has 3 aromatic carbocycles. The topological polar surface area (TPSA) is 78.7 Å². The Morgan fingerprint density at radius 1 is 1.14 bits per heavy atom. The van der Waals surface area contributed by atoms with Crippen LogP contribution in [0.1, 0.15) is 23.2 Å². The van der Waals surface area contributed by atoms with Crippen LogP contribution < -0.4 is 4.74 Å². The maximum absolute atomic E-state index is 12.5. The third-order valence-electron chi connectivity index (χ3n) is 4.77. The third kappa shape index (κ3) is 4.58. The molecule has 1 fully saturated rings. The second kappa shape index (κ2) is 8.63. The molecular formula is C22H19NO5S. The zero-order valence-electron chi connectivity index (χ0n) is 15.6. The number of benzene rings is 3. The first-order chi connectivity index (χ1) is 14.1. The van der Waals surface area contributed by atoms with Gasteiger partial charge in [0, 0.05) is 18.4 Å². The van der Waals surface area contributed by atoms with Crippen LogP contribution in [0, 0.1) is 10.1 Å². The van der Waals surface area contributed by atoms with E-state index in [0.717, 1.165) is 30.2 Å². The largest absolute Gasteiger partial charge is 0.423 e. The minimum absolute atomic E-state index is 0.0963. The Labute approximate surface area is 172 Å². The van der Waals surface area contributed by atoms with E-state index in [-0.39, 0.29) is 17.4 Å². The van der Waals surface area contributed by atoms with E-state index < -0.39 is 10.9 Å². The summed E-state index contributed by atoms with van der Waals surface area (Å²) in [6, 6.07) is 17.5. The van der Waals surface area contributed by atoms with Gasteiger partial charge in [0.15, 0.2) is 0 Å². The Balaban J connectivity index is 1.51. The molecule has 1 unspecified atom stereocenters. The first-order valence-electron chi connectivity index (χ1n) is 9.34. The molecule has 1 atom stereocenters. The quantitative estimate of drug-likeness (QED) is 0.182. The number of esters is 1. The van der Waals surface area contributed by atoms with Crippen molar-refractivity contribution in [2.75, 3.05) is 12.4 Å². The lowest BCUT2D eigenvalue weighted by atomic mass is 10.1. The predicted octanol–water partition coefficient (Wildman–Crippen LogP) is 5.24. The average molecular weight is 409 g/mol. The van der Waals surface area contributed by atoms with E-state index in [1.54, 1.807) is 24.3 Å². The lowest BCUT2D eigenvalue weighted by molar-refractivity contribution is -0.387. The molecule has 1 aliphatic heterocycles. The van der Waals surface area contributed by atoms with Crippen LogP contribution in [-0.2, 0) is 4.74 Å². The highest BCUT2D eigenvalue weighted by Gasteiger charge is 2.22. The van der Waals surface area contributed by atoms with Gasteiger partial charge in [0.2, 0.25) is 0 Å². The first-order valence-corrected chi connectivity index (χ1v) is 10.3. The van der Waals surface area contributed by atoms with Gasteiger partial charge in [-0.15, -0.1) is 11.8 Å². The van der Waals surface area contributed by atoms with Crippen molar-refractivity contribution in [3.8, 4) is 5.75 Å². The van der Waals surface area contributed by atoms with Gasteiger partial charge in [-0.2, -0.15) is 0 Å². The van der Waals surface area contributed by atoms with Crippen molar-refractivity contribution in [3.05, 3.63) is 76.3 Å². The van der Waals surface area contributed by atoms with Crippen molar-refractivity contribution >= 4 is 34.2 Å². The fraction of sp³-hybridized carbons (Fsp3) is 0.227. The lowest BCUT2D eigenvalue weighted by Gasteiger charge is -2.10. The van der Waals surface area contributed by atoms with Gasteiger partial charge in [-0.05, 0) is 47.9 Å². The van der Waals surface area contributed by atoms with E-state index in [9.17, 15) is 14.9 Å². The van der Waals surface area contributed by atoms with Gasteiger partial charge < -0.3 is 9.47 Å². The number of nitro groups is 1. The maximum Gasteiger partial charge on any atom is 0.343 e. The van der Waals surface area contributed by atoms with Crippen LogP contribution >= 0.6 is 11.8 Å². The van der Waals surface area contributed by atoms with E-state index >= 15 is 0 Å². The van der Waals surface area contributed by atoms with E-state index in [2.05, 4.69) is 0 Å². The molecule has 0 aliphatic carbocycles. The third-order valence-corrected chi connectivity index (χ3v) is 5.97. The van der Waals surface area contributed by atoms with Crippen LogP contribution in [0.25, 0.3) is 10.8 Å². The molecule has 1 heterocycles. The molecule has 4 rings (SSSR count). The van der Waals surface area contributed by atoms with E-state index in [4.69, 9.17) is 9.47 Å². The summed E-state index contributed by atoms with van der Waals surface area (Å²) in [5, 5.41) is 13.5. The van der Waals surface area contributed by atoms with Gasteiger partial charge in [0.05, 0.1) is 21.5 Å². The SMILES string of the molecule is O=C(Oc1ccc2ccccc2c1)c1ccc(SCC2CCCO2)c([N+](=O)[O-])c1. The summed E-state index contributed by atoms with van der Waals surface area (Å²) in [4.78, 5) is 24.1. The molecule has 0 saturated carbocycles. The highest BCUT2D eigenvalue weighted by atomic mass is 32.2. The monoisotopic (exact) mass is 409 g/mol. The summed E-state index contributed by atoms with van der Waals surface area (Å²) in [6.07, 6.45) is 2.11. The minimum atomic E-state index is -0.626. The van der Waals surface area contributed by atoms with Gasteiger partial charge in [-0.25, -0.2) is 4.79 Å². The standard InChI is InChI=1S/C22H19NO5S/c24-22(28-18-9-7-15-4-1-2-5-16(15)12-18)17-8-10-21(20(13-17)23(25)26)29-14-19-6-3-11-27-19/h1-2,4-5,7-10,12-13,19H,3,6,11,14H2. The fourth-order valence-electron chi connectivity index (χ4n) is 3.26. The number of nitrogens with zero attached hydrogens (tertiary/aromatic N) is 1. The molecule has 1 aliphatic rings. The number of fused-ring (bicyclic) bond motifs is 1. The van der Waals surface area contributed by atoms with Gasteiger partial charge in [-0.3, -0.25) is 10.1 Å². The molecule has 1 saturated heterocycles. The summed E-state index contributed by atoms with van der Waals surface area (Å²) >= 11 is 1.38. The number of nitro benzene ring substituents is 1. The molecular weight excluding hydrogens is 390 g/mol. The number of hydrogen-bond donors (Lipinski definition) is 0. The molecule has 29 heavy (non-hydrogen) atoms. The van der Waals surface area contributed by atoms with Crippen molar-refractivity contribution in [2.24, 2.45) is 0 Å². The second-order valence-corrected chi connectivity index (χ2v) is 7.85. The second-order valence-electron chi connectivity index (χ2n) is 6.78. The van der Waals surface area contributed by atoms with Crippen molar-refractivity contribution in [3.63, 3.8) is 0 Å². The summed E-state index contributed by atoms with van der Waals surface area (Å²) in [5.41, 5.74) is 0.0484. The Morgan fingerprint density at radius 3 is 2.72 bits per heavy atom. The first kappa shape index (κ1) is 19.4. The zero-order valence-corrected chi connectivity index (χ0v) is 16.4. The van der Waals surface area contributed by atoms with Crippen molar-refractivity contribution < 1.29 is 19.2 Å². The normalized spacial score (nSPS) is 16.1. The van der Waals surface area contributed by atoms with E-state index in [0.29, 0.717) is 16.4 Å². The predicted molar refractivity (Wildman–Crippen MR) is 112 cm³/mol. The highest BCUT2D eigenvalue weighted by molar-refractivity contribution is 7.99. The molecule has 0 radical (unpaired) electrons. The molecule has 0 N–H and O–H groups in total. The zero-order chi connectivity index (χ0) is 20.2. The molecule has 0 bridgehead atoms. The average Bonchev–Trinajstić information content (AvgIpc) is 3.25. The number of rotatable bonds is 6. The molecule has 3 aromatic rings. The summed E-state index contributed by atoms with van der Waals surface area (Å²) in [5.74, 6) is 0.425. The van der Waals surface area contributed by atoms with Crippen molar-refractivity contribution in [2.45, 2.75) is 23.8 Å². The molecule has 0 aromatic heterocycles. The molecule has 0 spiro atoms. The Hall–Kier alpha value is -2.90. The van der Waals surface area contributed by atoms with Gasteiger partial charge in [0.25, 0.3) is 5.69 Å². The Kier molecular flexibility index (Phi) is 5.78. The highest BCUT2D eigenvalue weighted by Crippen LogP contribution is 2.32. The number of hydrogen-bond acceptors (Lipinski definition) is 6. The smallest absolute Gasteiger partial charge is 0.343 e. The van der Waals surface area contributed by atoms with Crippen LogP contribution in [-0.4, -0.2) is 29.4 Å². The van der Waals surface area contributed by atoms with Crippen LogP contribution in [0.2, 0.25) is 0 Å². The molecule has 0 amide bonds. The summed E-state index contributed by atoms with van der Waals surface area (Å²) < 4.78 is 11.0. The molecule has 148 valence electrons. The van der Waals surface area contributed by atoms with E-state index in [1.165, 1.54) is 17.8 Å². The maximum atomic E-state index is 12.5. The lowest BCUT2D eigenvalue weighted by Crippen LogP contribution is -2.10. The molecule has 6 nitrogen and oxygen atoms in total. The van der Waals surface area contributed by atoms with Gasteiger partial charge in [-0.1, -0.05) is 30.3 Å². The van der Waals surface area contributed by atoms with Gasteiger partial charge >= 0.3 is 5.97 Å². The van der Waals surface area contributed by atoms with E-state index in [1.807, 2.05) is 30.3 Å². The fourth-order valence-corrected chi connectivity index (χ4v) is 4.34. The van der Waals surface area contributed by atoms with Crippen LogP contribution in [0.4, 0.5) is 5.69 Å². The molecule has 7 heteroatoms. The van der Waals surface area contributed by atoms with Gasteiger partial charge in [0.1, 0.15) is 5.75 Å². The number of carbonyl (C=O) groups is 1. The number of ether oxygens (including phenoxy) is 2. The number of thioether (sulfide) groups is 1. The Bertz CT molecular complexity index is 1060.